The number of hydrogen-bond acceptors (Lipinski definition) is 5. The normalized spacial score (nSPS) is 22.8. The molecule has 2 fully saturated rings. The molecule has 4 atom stereocenters. The van der Waals surface area contributed by atoms with Gasteiger partial charge in [-0.1, -0.05) is 42.8 Å². The highest BCUT2D eigenvalue weighted by atomic mass is 35.5. The molecule has 0 bridgehead atoms. The largest absolute Gasteiger partial charge is 0.465 e. The fraction of sp³-hybridized carbons (Fsp3) is 0.533. The topological polar surface area (TPSA) is 125 Å². The Morgan fingerprint density at radius 2 is 2.00 bits per heavy atom. The maximum Gasteiger partial charge on any atom is 0.404 e. The quantitative estimate of drug-likeness (QED) is 0.294. The summed E-state index contributed by atoms with van der Waals surface area (Å²) >= 11 is 6.68. The number of nitrogens with two attached hydrogens (primary N) is 1. The van der Waals surface area contributed by atoms with E-state index in [2.05, 4.69) is 12.2 Å². The highest BCUT2D eigenvalue weighted by Crippen LogP contribution is 2.47. The van der Waals surface area contributed by atoms with E-state index in [1.807, 2.05) is 35.2 Å². The Morgan fingerprint density at radius 3 is 2.72 bits per heavy atom. The third kappa shape index (κ3) is 7.04. The van der Waals surface area contributed by atoms with Crippen molar-refractivity contribution in [2.75, 3.05) is 19.6 Å². The van der Waals surface area contributed by atoms with Crippen molar-refractivity contribution in [3.63, 3.8) is 0 Å². The first-order valence-corrected chi connectivity index (χ1v) is 14.4. The minimum Gasteiger partial charge on any atom is -0.465 e. The van der Waals surface area contributed by atoms with Crippen LogP contribution in [0.5, 0.6) is 11.5 Å². The Kier molecular flexibility index (Phi) is 9.75. The zero-order chi connectivity index (χ0) is 28.0. The maximum atomic E-state index is 13.4. The van der Waals surface area contributed by atoms with Gasteiger partial charge in [0.2, 0.25) is 5.91 Å². The summed E-state index contributed by atoms with van der Waals surface area (Å²) in [5.74, 6) is 0.768. The van der Waals surface area contributed by atoms with Crippen molar-refractivity contribution in [2.24, 2.45) is 17.6 Å². The molecule has 2 aromatic carbocycles. The molecule has 1 aliphatic carbocycles. The molecule has 1 heterocycles. The summed E-state index contributed by atoms with van der Waals surface area (Å²) in [6.45, 7) is 3.33. The van der Waals surface area contributed by atoms with Gasteiger partial charge in [0, 0.05) is 43.1 Å². The average Bonchev–Trinajstić information content (AvgIpc) is 3.38. The monoisotopic (exact) mass is 557 g/mol. The third-order valence-corrected chi connectivity index (χ3v) is 8.50. The van der Waals surface area contributed by atoms with Gasteiger partial charge in [0.1, 0.15) is 5.75 Å². The van der Waals surface area contributed by atoms with Crippen LogP contribution in [0.15, 0.2) is 42.5 Å². The number of carboxylic acid groups (broad SMARTS) is 1. The summed E-state index contributed by atoms with van der Waals surface area (Å²) in [5.41, 5.74) is 6.35. The van der Waals surface area contributed by atoms with Gasteiger partial charge in [-0.25, -0.2) is 4.79 Å². The average molecular weight is 558 g/mol. The molecule has 4 unspecified atom stereocenters. The third-order valence-electron chi connectivity index (χ3n) is 8.20. The van der Waals surface area contributed by atoms with E-state index < -0.39 is 11.7 Å². The second kappa shape index (κ2) is 13.0. The minimum absolute atomic E-state index is 0.0654. The number of rotatable bonds is 10. The van der Waals surface area contributed by atoms with Gasteiger partial charge in [-0.3, -0.25) is 4.79 Å². The van der Waals surface area contributed by atoms with Crippen LogP contribution in [0.3, 0.4) is 0 Å². The molecule has 1 saturated carbocycles. The molecule has 9 heteroatoms. The van der Waals surface area contributed by atoms with E-state index in [0.29, 0.717) is 54.4 Å². The molecule has 1 aliphatic heterocycles. The lowest BCUT2D eigenvalue weighted by Gasteiger charge is -2.44. The van der Waals surface area contributed by atoms with Crippen molar-refractivity contribution in [1.29, 1.82) is 0 Å². The molecule has 8 nitrogen and oxygen atoms in total. The molecule has 0 radical (unpaired) electrons. The Balaban J connectivity index is 1.65. The van der Waals surface area contributed by atoms with Crippen molar-refractivity contribution >= 4 is 23.6 Å². The van der Waals surface area contributed by atoms with Crippen LogP contribution in [-0.4, -0.2) is 52.8 Å². The predicted molar refractivity (Wildman–Crippen MR) is 151 cm³/mol. The number of halogens is 1. The number of benzene rings is 2. The van der Waals surface area contributed by atoms with Crippen LogP contribution in [0.4, 0.5) is 4.79 Å². The second-order valence-electron chi connectivity index (χ2n) is 10.9. The molecule has 5 N–H and O–H groups in total. The zero-order valence-corrected chi connectivity index (χ0v) is 23.3. The Hall–Kier alpha value is -2.81. The highest BCUT2D eigenvalue weighted by Gasteiger charge is 2.44. The minimum atomic E-state index is -1.40. The van der Waals surface area contributed by atoms with Crippen LogP contribution >= 0.6 is 11.6 Å². The molecule has 2 aromatic rings. The molecule has 0 spiro atoms. The number of para-hydroxylation sites is 1. The van der Waals surface area contributed by atoms with Crippen LogP contribution < -0.4 is 15.8 Å². The molecule has 4 rings (SSSR count). The van der Waals surface area contributed by atoms with Gasteiger partial charge >= 0.3 is 6.09 Å². The molecular formula is C30H40ClN3O5. The molecular weight excluding hydrogens is 518 g/mol. The van der Waals surface area contributed by atoms with Gasteiger partial charge in [-0.15, -0.1) is 0 Å². The fourth-order valence-electron chi connectivity index (χ4n) is 6.08. The second-order valence-corrected chi connectivity index (χ2v) is 11.3. The first-order valence-electron chi connectivity index (χ1n) is 14.0. The van der Waals surface area contributed by atoms with E-state index in [-0.39, 0.29) is 36.8 Å². The number of hydrogen-bond donors (Lipinski definition) is 4. The van der Waals surface area contributed by atoms with Crippen molar-refractivity contribution in [3.8, 4) is 11.5 Å². The molecule has 2 amide bonds. The van der Waals surface area contributed by atoms with E-state index in [1.54, 1.807) is 12.1 Å². The Labute approximate surface area is 235 Å². The van der Waals surface area contributed by atoms with Crippen molar-refractivity contribution in [1.82, 2.24) is 10.2 Å². The number of ether oxygens (including phenoxy) is 1. The molecule has 1 saturated heterocycles. The number of carbonyl (C=O) groups is 2. The van der Waals surface area contributed by atoms with Gasteiger partial charge in [-0.2, -0.15) is 0 Å². The van der Waals surface area contributed by atoms with E-state index in [1.165, 1.54) is 0 Å². The van der Waals surface area contributed by atoms with Crippen LogP contribution in [0.1, 0.15) is 63.0 Å². The first-order chi connectivity index (χ1) is 18.7. The van der Waals surface area contributed by atoms with Gasteiger partial charge in [-0.05, 0) is 75.1 Å². The number of aryl methyl sites for hydroxylation is 1. The van der Waals surface area contributed by atoms with Crippen LogP contribution in [0.2, 0.25) is 5.02 Å². The summed E-state index contributed by atoms with van der Waals surface area (Å²) in [6.07, 6.45) is 4.27. The van der Waals surface area contributed by atoms with Gasteiger partial charge in [0.15, 0.2) is 5.75 Å². The molecule has 212 valence electrons. The summed E-state index contributed by atoms with van der Waals surface area (Å²) in [7, 11) is 0. The Morgan fingerprint density at radius 1 is 1.21 bits per heavy atom. The highest BCUT2D eigenvalue weighted by molar-refractivity contribution is 6.32. The van der Waals surface area contributed by atoms with Crippen molar-refractivity contribution in [3.05, 3.63) is 58.6 Å². The summed E-state index contributed by atoms with van der Waals surface area (Å²) < 4.78 is 6.34. The van der Waals surface area contributed by atoms with Gasteiger partial charge in [0.25, 0.3) is 0 Å². The van der Waals surface area contributed by atoms with E-state index in [4.69, 9.17) is 27.2 Å². The summed E-state index contributed by atoms with van der Waals surface area (Å²) in [5, 5.41) is 24.3. The van der Waals surface area contributed by atoms with E-state index in [9.17, 15) is 14.7 Å². The van der Waals surface area contributed by atoms with Crippen molar-refractivity contribution in [2.45, 2.75) is 69.9 Å². The smallest absolute Gasteiger partial charge is 0.404 e. The number of aliphatic hydroxyl groups is 1. The predicted octanol–water partition coefficient (Wildman–Crippen LogP) is 5.30. The number of carbonyl (C=O) groups excluding carboxylic acids is 1. The first kappa shape index (κ1) is 29.2. The Bertz CT molecular complexity index is 1160. The van der Waals surface area contributed by atoms with Crippen molar-refractivity contribution < 1.29 is 24.5 Å². The SMILES string of the molecule is CCc1cccc(Oc2c(Cl)cccc2C(O)(CCCNC(=O)O)C2CCCN(C(=O)C3CCC(N)C3)C2)c1. The number of piperidine rings is 1. The van der Waals surface area contributed by atoms with E-state index in [0.717, 1.165) is 31.2 Å². The van der Waals surface area contributed by atoms with Gasteiger partial charge in [0.05, 0.1) is 10.6 Å². The number of nitrogens with zero attached hydrogens (tertiary/aromatic N) is 1. The summed E-state index contributed by atoms with van der Waals surface area (Å²) in [6, 6.07) is 13.2. The van der Waals surface area contributed by atoms with Crippen LogP contribution in [0.25, 0.3) is 0 Å². The lowest BCUT2D eigenvalue weighted by Crippen LogP contribution is -2.49. The standard InChI is InChI=1S/C30H40ClN3O5/c1-2-20-7-3-9-24(17-20)39-27-25(10-4-11-26(27)31)30(38,14-6-15-33-29(36)37)22-8-5-16-34(19-22)28(35)21-12-13-23(32)18-21/h3-4,7,9-11,17,21-23,33,38H,2,5-6,8,12-16,18-19,32H2,1H3,(H,36,37). The number of nitrogens with one attached hydrogen (secondary N) is 1. The van der Waals surface area contributed by atoms with Gasteiger partial charge < -0.3 is 30.9 Å². The van der Waals surface area contributed by atoms with Crippen LogP contribution in [0, 0.1) is 11.8 Å². The number of likely N-dealkylation sites (tertiary alicyclic amines) is 1. The number of amides is 2. The lowest BCUT2D eigenvalue weighted by atomic mass is 9.73. The lowest BCUT2D eigenvalue weighted by molar-refractivity contribution is -0.141. The summed E-state index contributed by atoms with van der Waals surface area (Å²) in [4.78, 5) is 26.3. The van der Waals surface area contributed by atoms with Crippen LogP contribution in [-0.2, 0) is 16.8 Å². The fourth-order valence-corrected chi connectivity index (χ4v) is 6.29. The zero-order valence-electron chi connectivity index (χ0n) is 22.6. The maximum absolute atomic E-state index is 13.4. The molecule has 0 aromatic heterocycles. The molecule has 2 aliphatic rings. The molecule has 39 heavy (non-hydrogen) atoms. The van der Waals surface area contributed by atoms with E-state index >= 15 is 0 Å².